The predicted molar refractivity (Wildman–Crippen MR) is 80.9 cm³/mol. The monoisotopic (exact) mass is 276 g/mol. The molecule has 2 aromatic rings. The highest BCUT2D eigenvalue weighted by Gasteiger charge is 2.26. The van der Waals surface area contributed by atoms with Crippen LogP contribution >= 0.6 is 0 Å². The predicted octanol–water partition coefficient (Wildman–Crippen LogP) is 3.99. The standard InChI is InChI=1S/C17H12N2O2/c1-10-11(2)17(19-9-21)16-14(18-8-20)7-6-12-4-3-5-13(10)15(12)16/h3-7,10H,1-2H3. The summed E-state index contributed by atoms with van der Waals surface area (Å²) in [7, 11) is 0. The SMILES string of the molecule is CC1=C(N=C=O)c2c(N=C=O)ccc3cccc(c23)C1C. The fraction of sp³-hybridized carbons (Fsp3) is 0.176. The number of nitrogens with zero attached hydrogens (tertiary/aromatic N) is 2. The second-order valence-electron chi connectivity index (χ2n) is 5.06. The lowest BCUT2D eigenvalue weighted by molar-refractivity contribution is 0.565. The Morgan fingerprint density at radius 3 is 2.52 bits per heavy atom. The summed E-state index contributed by atoms with van der Waals surface area (Å²) in [4.78, 5) is 29.1. The van der Waals surface area contributed by atoms with Gasteiger partial charge in [-0.25, -0.2) is 9.59 Å². The van der Waals surface area contributed by atoms with Crippen LogP contribution in [-0.2, 0) is 9.59 Å². The molecule has 0 aromatic heterocycles. The molecule has 1 aliphatic rings. The summed E-state index contributed by atoms with van der Waals surface area (Å²) in [5.74, 6) is 0.142. The summed E-state index contributed by atoms with van der Waals surface area (Å²) in [6, 6.07) is 9.70. The fourth-order valence-corrected chi connectivity index (χ4v) is 2.96. The van der Waals surface area contributed by atoms with Crippen LogP contribution < -0.4 is 0 Å². The summed E-state index contributed by atoms with van der Waals surface area (Å²) in [6.07, 6.45) is 3.18. The molecule has 0 bridgehead atoms. The molecule has 0 spiro atoms. The number of rotatable bonds is 2. The number of benzene rings is 2. The van der Waals surface area contributed by atoms with Crippen LogP contribution in [0.15, 0.2) is 45.9 Å². The molecular weight excluding hydrogens is 264 g/mol. The fourth-order valence-electron chi connectivity index (χ4n) is 2.96. The van der Waals surface area contributed by atoms with E-state index in [4.69, 9.17) is 0 Å². The molecule has 1 unspecified atom stereocenters. The largest absolute Gasteiger partial charge is 0.240 e. The molecule has 102 valence electrons. The number of allylic oxidation sites excluding steroid dienone is 1. The average molecular weight is 276 g/mol. The Labute approximate surface area is 121 Å². The first-order valence-corrected chi connectivity index (χ1v) is 6.61. The molecule has 2 aromatic carbocycles. The van der Waals surface area contributed by atoms with Crippen LogP contribution in [0.1, 0.15) is 30.9 Å². The number of carbonyl (C=O) groups excluding carboxylic acids is 2. The van der Waals surface area contributed by atoms with Crippen LogP contribution in [0.4, 0.5) is 5.69 Å². The van der Waals surface area contributed by atoms with E-state index >= 15 is 0 Å². The van der Waals surface area contributed by atoms with E-state index < -0.39 is 0 Å². The molecule has 0 fully saturated rings. The maximum absolute atomic E-state index is 10.8. The van der Waals surface area contributed by atoms with Gasteiger partial charge in [-0.3, -0.25) is 0 Å². The summed E-state index contributed by atoms with van der Waals surface area (Å²) in [6.45, 7) is 4.01. The van der Waals surface area contributed by atoms with Gasteiger partial charge in [0.15, 0.2) is 0 Å². The quantitative estimate of drug-likeness (QED) is 0.615. The van der Waals surface area contributed by atoms with Gasteiger partial charge in [-0.15, -0.1) is 0 Å². The van der Waals surface area contributed by atoms with Crippen molar-refractivity contribution in [3.63, 3.8) is 0 Å². The summed E-state index contributed by atoms with van der Waals surface area (Å²) < 4.78 is 0. The Balaban J connectivity index is 2.56. The van der Waals surface area contributed by atoms with Gasteiger partial charge >= 0.3 is 0 Å². The van der Waals surface area contributed by atoms with Crippen molar-refractivity contribution in [2.24, 2.45) is 9.98 Å². The van der Waals surface area contributed by atoms with Gasteiger partial charge in [0.05, 0.1) is 11.4 Å². The number of isocyanates is 2. The van der Waals surface area contributed by atoms with Crippen LogP contribution in [0, 0.1) is 0 Å². The molecule has 0 saturated heterocycles. The minimum Gasteiger partial charge on any atom is -0.211 e. The van der Waals surface area contributed by atoms with Crippen molar-refractivity contribution < 1.29 is 9.59 Å². The van der Waals surface area contributed by atoms with Gasteiger partial charge in [0.2, 0.25) is 12.2 Å². The lowest BCUT2D eigenvalue weighted by atomic mass is 9.80. The molecule has 1 aliphatic carbocycles. The highest BCUT2D eigenvalue weighted by atomic mass is 16.1. The molecule has 4 heteroatoms. The minimum absolute atomic E-state index is 0.142. The van der Waals surface area contributed by atoms with Crippen molar-refractivity contribution in [3.05, 3.63) is 47.0 Å². The van der Waals surface area contributed by atoms with Gasteiger partial charge < -0.3 is 0 Å². The molecule has 0 saturated carbocycles. The van der Waals surface area contributed by atoms with Crippen molar-refractivity contribution in [2.75, 3.05) is 0 Å². The highest BCUT2D eigenvalue weighted by Crippen LogP contribution is 2.46. The van der Waals surface area contributed by atoms with Crippen LogP contribution in [0.5, 0.6) is 0 Å². The molecule has 21 heavy (non-hydrogen) atoms. The Bertz CT molecular complexity index is 883. The van der Waals surface area contributed by atoms with E-state index in [1.807, 2.05) is 25.1 Å². The van der Waals surface area contributed by atoms with Gasteiger partial charge in [0, 0.05) is 11.5 Å². The van der Waals surface area contributed by atoms with E-state index in [0.29, 0.717) is 16.9 Å². The summed E-state index contributed by atoms with van der Waals surface area (Å²) >= 11 is 0. The lowest BCUT2D eigenvalue weighted by Crippen LogP contribution is -2.06. The third-order valence-electron chi connectivity index (χ3n) is 4.11. The first-order chi connectivity index (χ1) is 10.2. The number of hydrogen-bond acceptors (Lipinski definition) is 4. The van der Waals surface area contributed by atoms with E-state index in [1.54, 1.807) is 18.2 Å². The van der Waals surface area contributed by atoms with Gasteiger partial charge in [-0.2, -0.15) is 9.98 Å². The number of aliphatic imine (C=N–C) groups is 2. The molecule has 0 heterocycles. The zero-order valence-electron chi connectivity index (χ0n) is 11.7. The van der Waals surface area contributed by atoms with E-state index in [0.717, 1.165) is 21.9 Å². The molecule has 0 N–H and O–H groups in total. The second kappa shape index (κ2) is 4.95. The van der Waals surface area contributed by atoms with Crippen LogP contribution in [-0.4, -0.2) is 12.2 Å². The lowest BCUT2D eigenvalue weighted by Gasteiger charge is -2.25. The summed E-state index contributed by atoms with van der Waals surface area (Å²) in [5.41, 5.74) is 3.85. The molecular formula is C17H12N2O2. The zero-order valence-corrected chi connectivity index (χ0v) is 11.7. The highest BCUT2D eigenvalue weighted by molar-refractivity contribution is 6.04. The Kier molecular flexibility index (Phi) is 3.11. The first kappa shape index (κ1) is 13.2. The summed E-state index contributed by atoms with van der Waals surface area (Å²) in [5, 5.41) is 2.02. The molecule has 3 rings (SSSR count). The van der Waals surface area contributed by atoms with Crippen LogP contribution in [0.3, 0.4) is 0 Å². The van der Waals surface area contributed by atoms with E-state index in [2.05, 4.69) is 23.0 Å². The molecule has 0 aliphatic heterocycles. The molecule has 0 amide bonds. The Morgan fingerprint density at radius 1 is 1.05 bits per heavy atom. The van der Waals surface area contributed by atoms with Crippen LogP contribution in [0.2, 0.25) is 0 Å². The molecule has 1 atom stereocenters. The van der Waals surface area contributed by atoms with Crippen molar-refractivity contribution in [2.45, 2.75) is 19.8 Å². The topological polar surface area (TPSA) is 58.9 Å². The van der Waals surface area contributed by atoms with Crippen molar-refractivity contribution in [1.82, 2.24) is 0 Å². The maximum atomic E-state index is 10.8. The van der Waals surface area contributed by atoms with Crippen molar-refractivity contribution in [1.29, 1.82) is 0 Å². The number of hydrogen-bond donors (Lipinski definition) is 0. The zero-order chi connectivity index (χ0) is 15.0. The molecule has 4 nitrogen and oxygen atoms in total. The van der Waals surface area contributed by atoms with Gasteiger partial charge in [0.1, 0.15) is 0 Å². The van der Waals surface area contributed by atoms with E-state index in [-0.39, 0.29) is 5.92 Å². The van der Waals surface area contributed by atoms with E-state index in [1.165, 1.54) is 0 Å². The Morgan fingerprint density at radius 2 is 1.81 bits per heavy atom. The second-order valence-corrected chi connectivity index (χ2v) is 5.06. The first-order valence-electron chi connectivity index (χ1n) is 6.61. The maximum Gasteiger partial charge on any atom is 0.240 e. The van der Waals surface area contributed by atoms with Gasteiger partial charge in [-0.1, -0.05) is 31.2 Å². The minimum atomic E-state index is 0.142. The normalized spacial score (nSPS) is 16.4. The molecule has 0 radical (unpaired) electrons. The van der Waals surface area contributed by atoms with Crippen molar-refractivity contribution in [3.8, 4) is 0 Å². The van der Waals surface area contributed by atoms with E-state index in [9.17, 15) is 9.59 Å². The van der Waals surface area contributed by atoms with Gasteiger partial charge in [-0.05, 0) is 34.9 Å². The van der Waals surface area contributed by atoms with Crippen LogP contribution in [0.25, 0.3) is 16.5 Å². The third kappa shape index (κ3) is 1.86. The Hall–Kier alpha value is -2.80. The smallest absolute Gasteiger partial charge is 0.211 e. The average Bonchev–Trinajstić information content (AvgIpc) is 2.50. The third-order valence-corrected chi connectivity index (χ3v) is 4.11. The van der Waals surface area contributed by atoms with Crippen molar-refractivity contribution >= 4 is 34.3 Å². The van der Waals surface area contributed by atoms with Gasteiger partial charge in [0.25, 0.3) is 0 Å².